The van der Waals surface area contributed by atoms with Crippen LogP contribution in [0.5, 0.6) is 0 Å². The third-order valence-corrected chi connectivity index (χ3v) is 7.15. The molecular formula is C31H40N4O4. The molecule has 208 valence electrons. The van der Waals surface area contributed by atoms with E-state index in [2.05, 4.69) is 23.6 Å². The van der Waals surface area contributed by atoms with Crippen LogP contribution in [0.4, 0.5) is 5.69 Å². The Morgan fingerprint density at radius 2 is 1.72 bits per heavy atom. The van der Waals surface area contributed by atoms with Gasteiger partial charge in [-0.3, -0.25) is 19.7 Å². The zero-order chi connectivity index (χ0) is 28.7. The molecule has 0 spiro atoms. The van der Waals surface area contributed by atoms with E-state index >= 15 is 0 Å². The lowest BCUT2D eigenvalue weighted by atomic mass is 10.1. The quantitative estimate of drug-likeness (QED) is 0.212. The number of nitrogens with zero attached hydrogens (tertiary/aromatic N) is 4. The molecule has 1 atom stereocenters. The number of carbonyl (C=O) groups excluding carboxylic acids is 2. The molecule has 1 heterocycles. The average Bonchev–Trinajstić information content (AvgIpc) is 3.33. The molecule has 0 saturated carbocycles. The van der Waals surface area contributed by atoms with Gasteiger partial charge in [-0.05, 0) is 62.4 Å². The van der Waals surface area contributed by atoms with Gasteiger partial charge in [0.05, 0.1) is 11.5 Å². The summed E-state index contributed by atoms with van der Waals surface area (Å²) in [6.45, 7) is 13.2. The van der Waals surface area contributed by atoms with Crippen LogP contribution < -0.4 is 0 Å². The van der Waals surface area contributed by atoms with Crippen molar-refractivity contribution in [1.29, 1.82) is 0 Å². The minimum Gasteiger partial charge on any atom is -0.345 e. The van der Waals surface area contributed by atoms with E-state index in [-0.39, 0.29) is 41.6 Å². The third-order valence-electron chi connectivity index (χ3n) is 7.15. The van der Waals surface area contributed by atoms with Crippen LogP contribution in [0.25, 0.3) is 0 Å². The lowest BCUT2D eigenvalue weighted by Gasteiger charge is -2.32. The summed E-state index contributed by atoms with van der Waals surface area (Å²) in [5, 5.41) is 11.4. The molecule has 0 aliphatic carbocycles. The van der Waals surface area contributed by atoms with Gasteiger partial charge in [-0.15, -0.1) is 0 Å². The highest BCUT2D eigenvalue weighted by Gasteiger charge is 2.27. The number of benzene rings is 2. The highest BCUT2D eigenvalue weighted by Crippen LogP contribution is 2.22. The van der Waals surface area contributed by atoms with Gasteiger partial charge in [0.15, 0.2) is 0 Å². The number of nitro benzene ring substituents is 1. The maximum atomic E-state index is 13.8. The van der Waals surface area contributed by atoms with Crippen molar-refractivity contribution in [2.45, 2.75) is 67.1 Å². The number of rotatable bonds is 12. The second-order valence-corrected chi connectivity index (χ2v) is 10.7. The average molecular weight is 533 g/mol. The number of amides is 2. The number of hydrogen-bond acceptors (Lipinski definition) is 4. The number of nitro groups is 1. The first kappa shape index (κ1) is 29.6. The molecule has 8 nitrogen and oxygen atoms in total. The van der Waals surface area contributed by atoms with Gasteiger partial charge in [0.2, 0.25) is 5.91 Å². The first-order valence-corrected chi connectivity index (χ1v) is 13.5. The van der Waals surface area contributed by atoms with Gasteiger partial charge in [0.25, 0.3) is 11.6 Å². The fraction of sp³-hybridized carbons (Fsp3) is 0.419. The summed E-state index contributed by atoms with van der Waals surface area (Å²) in [6, 6.07) is 16.7. The Morgan fingerprint density at radius 1 is 1.00 bits per heavy atom. The van der Waals surface area contributed by atoms with E-state index in [1.807, 2.05) is 63.1 Å². The van der Waals surface area contributed by atoms with Crippen molar-refractivity contribution in [2.24, 2.45) is 5.92 Å². The number of hydrogen-bond donors (Lipinski definition) is 0. The van der Waals surface area contributed by atoms with Gasteiger partial charge in [-0.1, -0.05) is 51.1 Å². The van der Waals surface area contributed by atoms with Crippen molar-refractivity contribution in [3.05, 3.63) is 98.9 Å². The van der Waals surface area contributed by atoms with Gasteiger partial charge >= 0.3 is 0 Å². The second kappa shape index (κ2) is 13.2. The van der Waals surface area contributed by atoms with Gasteiger partial charge in [-0.25, -0.2) is 0 Å². The molecule has 0 aliphatic heterocycles. The first-order valence-electron chi connectivity index (χ1n) is 13.5. The van der Waals surface area contributed by atoms with E-state index in [4.69, 9.17) is 0 Å². The summed E-state index contributed by atoms with van der Waals surface area (Å²) in [5.41, 5.74) is 4.04. The van der Waals surface area contributed by atoms with E-state index in [1.165, 1.54) is 22.1 Å². The van der Waals surface area contributed by atoms with Crippen LogP contribution in [0.3, 0.4) is 0 Å². The Kier molecular flexibility index (Phi) is 10.0. The van der Waals surface area contributed by atoms with Crippen LogP contribution in [0.2, 0.25) is 0 Å². The molecule has 2 aromatic carbocycles. The van der Waals surface area contributed by atoms with E-state index in [0.29, 0.717) is 25.2 Å². The molecule has 39 heavy (non-hydrogen) atoms. The van der Waals surface area contributed by atoms with E-state index in [1.54, 1.807) is 19.1 Å². The van der Waals surface area contributed by atoms with Crippen LogP contribution >= 0.6 is 0 Å². The van der Waals surface area contributed by atoms with Crippen molar-refractivity contribution in [3.8, 4) is 0 Å². The third kappa shape index (κ3) is 7.56. The molecule has 1 unspecified atom stereocenters. The maximum Gasteiger partial charge on any atom is 0.273 e. The van der Waals surface area contributed by atoms with Crippen molar-refractivity contribution >= 4 is 17.5 Å². The summed E-state index contributed by atoms with van der Waals surface area (Å²) < 4.78 is 2.16. The summed E-state index contributed by atoms with van der Waals surface area (Å²) in [4.78, 5) is 41.6. The molecule has 0 fully saturated rings. The van der Waals surface area contributed by atoms with E-state index in [9.17, 15) is 19.7 Å². The fourth-order valence-electron chi connectivity index (χ4n) is 4.64. The van der Waals surface area contributed by atoms with Crippen molar-refractivity contribution in [2.75, 3.05) is 13.1 Å². The molecule has 0 saturated heterocycles. The van der Waals surface area contributed by atoms with E-state index < -0.39 is 4.92 Å². The Labute approximate surface area is 231 Å². The van der Waals surface area contributed by atoms with Crippen LogP contribution in [-0.4, -0.2) is 50.2 Å². The fourth-order valence-corrected chi connectivity index (χ4v) is 4.64. The largest absolute Gasteiger partial charge is 0.345 e. The van der Waals surface area contributed by atoms with Crippen molar-refractivity contribution < 1.29 is 14.5 Å². The zero-order valence-electron chi connectivity index (χ0n) is 23.9. The van der Waals surface area contributed by atoms with Crippen LogP contribution in [-0.2, 0) is 17.9 Å². The smallest absolute Gasteiger partial charge is 0.273 e. The minimum atomic E-state index is -0.485. The Hall–Kier alpha value is -3.94. The molecule has 0 bridgehead atoms. The molecule has 3 aromatic rings. The normalized spacial score (nSPS) is 11.9. The standard InChI is InChI=1S/C31H40N4O4/c1-7-25(6)34(20-28-13-10-16-32(28)19-27-12-9-8-11-23(27)4)30(36)21-33(18-22(2)3)31(37)26-15-14-24(5)29(17-26)35(38)39/h8-17,22,25H,7,18-21H2,1-6H3. The maximum absolute atomic E-state index is 13.8. The Morgan fingerprint density at radius 3 is 2.36 bits per heavy atom. The van der Waals surface area contributed by atoms with Gasteiger partial charge in [-0.2, -0.15) is 0 Å². The SMILES string of the molecule is CCC(C)N(Cc1cccn1Cc1ccccc1C)C(=O)CN(CC(C)C)C(=O)c1ccc(C)c([N+](=O)[O-])c1. The highest BCUT2D eigenvalue weighted by molar-refractivity contribution is 5.97. The summed E-state index contributed by atoms with van der Waals surface area (Å²) in [5.74, 6) is -0.415. The summed E-state index contributed by atoms with van der Waals surface area (Å²) in [7, 11) is 0. The highest BCUT2D eigenvalue weighted by atomic mass is 16.6. The molecule has 1 aromatic heterocycles. The van der Waals surface area contributed by atoms with Crippen LogP contribution in [0.15, 0.2) is 60.8 Å². The Balaban J connectivity index is 1.85. The van der Waals surface area contributed by atoms with Crippen molar-refractivity contribution in [1.82, 2.24) is 14.4 Å². The monoisotopic (exact) mass is 532 g/mol. The van der Waals surface area contributed by atoms with E-state index in [0.717, 1.165) is 12.1 Å². The van der Waals surface area contributed by atoms with Gasteiger partial charge in [0, 0.05) is 48.2 Å². The predicted octanol–water partition coefficient (Wildman–Crippen LogP) is 5.99. The predicted molar refractivity (Wildman–Crippen MR) is 154 cm³/mol. The topological polar surface area (TPSA) is 88.7 Å². The lowest BCUT2D eigenvalue weighted by Crippen LogP contribution is -2.47. The summed E-state index contributed by atoms with van der Waals surface area (Å²) >= 11 is 0. The number of aryl methyl sites for hydroxylation is 2. The molecule has 3 rings (SSSR count). The first-order chi connectivity index (χ1) is 18.5. The molecule has 2 amide bonds. The molecule has 8 heteroatoms. The molecule has 0 aliphatic rings. The lowest BCUT2D eigenvalue weighted by molar-refractivity contribution is -0.385. The molecular weight excluding hydrogens is 492 g/mol. The molecule has 0 radical (unpaired) electrons. The molecule has 0 N–H and O–H groups in total. The second-order valence-electron chi connectivity index (χ2n) is 10.7. The summed E-state index contributed by atoms with van der Waals surface area (Å²) in [6.07, 6.45) is 2.80. The number of aromatic nitrogens is 1. The Bertz CT molecular complexity index is 1310. The zero-order valence-corrected chi connectivity index (χ0v) is 23.9. The van der Waals surface area contributed by atoms with Crippen molar-refractivity contribution in [3.63, 3.8) is 0 Å². The van der Waals surface area contributed by atoms with Gasteiger partial charge in [0.1, 0.15) is 6.54 Å². The van der Waals surface area contributed by atoms with Gasteiger partial charge < -0.3 is 14.4 Å². The van der Waals surface area contributed by atoms with Crippen LogP contribution in [0, 0.1) is 29.9 Å². The minimum absolute atomic E-state index is 0.0317. The number of carbonyl (C=O) groups is 2. The van der Waals surface area contributed by atoms with Crippen LogP contribution in [0.1, 0.15) is 66.9 Å².